The molecule has 7 nitrogen and oxygen atoms in total. The number of carbonyl (C=O) groups excluding carboxylic acids is 1. The van der Waals surface area contributed by atoms with Crippen LogP contribution in [0.25, 0.3) is 16.7 Å². The first-order valence-electron chi connectivity index (χ1n) is 8.60. The molecule has 4 rings (SSSR count). The second-order valence-corrected chi connectivity index (χ2v) is 7.46. The van der Waals surface area contributed by atoms with E-state index in [9.17, 15) is 9.59 Å². The Balaban J connectivity index is 1.65. The van der Waals surface area contributed by atoms with E-state index < -0.39 is 0 Å². The van der Waals surface area contributed by atoms with Crippen LogP contribution in [-0.4, -0.2) is 38.4 Å². The number of Topliss-reactive ketones (excluding diaryl/α,β-unsaturated/α-hetero) is 1. The molecule has 0 aliphatic rings. The molecule has 4 aromatic rings. The van der Waals surface area contributed by atoms with Gasteiger partial charge in [-0.05, 0) is 36.4 Å². The third-order valence-corrected chi connectivity index (χ3v) is 5.36. The molecule has 0 unspecified atom stereocenters. The first kappa shape index (κ1) is 19.2. The summed E-state index contributed by atoms with van der Waals surface area (Å²) in [6.45, 7) is 0. The van der Waals surface area contributed by atoms with Gasteiger partial charge in [0.15, 0.2) is 16.6 Å². The van der Waals surface area contributed by atoms with Crippen LogP contribution in [0.5, 0.6) is 5.75 Å². The third-order valence-electron chi connectivity index (χ3n) is 4.24. The number of hydrogen-bond acceptors (Lipinski definition) is 6. The van der Waals surface area contributed by atoms with Gasteiger partial charge in [0.1, 0.15) is 16.8 Å². The largest absolute Gasteiger partial charge is 0.494 e. The molecular formula is C20H15ClN4O3S. The zero-order chi connectivity index (χ0) is 20.4. The molecule has 0 saturated heterocycles. The number of fused-ring (bicyclic) bond motifs is 1. The Kier molecular flexibility index (Phi) is 5.37. The van der Waals surface area contributed by atoms with Crippen LogP contribution in [0.4, 0.5) is 0 Å². The van der Waals surface area contributed by atoms with Crippen LogP contribution in [0.2, 0.25) is 5.02 Å². The third kappa shape index (κ3) is 3.90. The average Bonchev–Trinajstić information content (AvgIpc) is 3.17. The summed E-state index contributed by atoms with van der Waals surface area (Å²) in [6.07, 6.45) is 1.46. The average molecular weight is 427 g/mol. The summed E-state index contributed by atoms with van der Waals surface area (Å²) in [7, 11) is 1.56. The number of ether oxygens (including phenoxy) is 1. The van der Waals surface area contributed by atoms with Crippen molar-refractivity contribution in [2.45, 2.75) is 5.16 Å². The van der Waals surface area contributed by atoms with E-state index in [1.165, 1.54) is 6.20 Å². The number of para-hydroxylation sites is 2. The molecule has 2 aromatic carbocycles. The molecular weight excluding hydrogens is 412 g/mol. The van der Waals surface area contributed by atoms with Crippen molar-refractivity contribution in [2.75, 3.05) is 12.9 Å². The number of benzene rings is 2. The van der Waals surface area contributed by atoms with Crippen molar-refractivity contribution >= 4 is 40.2 Å². The number of H-pyrrole nitrogens is 1. The Labute approximate surface area is 174 Å². The number of methoxy groups -OCH3 is 1. The van der Waals surface area contributed by atoms with Crippen LogP contribution < -0.4 is 10.3 Å². The van der Waals surface area contributed by atoms with E-state index in [-0.39, 0.29) is 17.1 Å². The highest BCUT2D eigenvalue weighted by molar-refractivity contribution is 7.99. The lowest BCUT2D eigenvalue weighted by Crippen LogP contribution is -2.11. The van der Waals surface area contributed by atoms with Crippen LogP contribution in [0.1, 0.15) is 10.4 Å². The van der Waals surface area contributed by atoms with Crippen LogP contribution in [0, 0.1) is 0 Å². The van der Waals surface area contributed by atoms with E-state index in [1.807, 2.05) is 18.2 Å². The Morgan fingerprint density at radius 1 is 1.21 bits per heavy atom. The van der Waals surface area contributed by atoms with Gasteiger partial charge in [0.05, 0.1) is 19.1 Å². The summed E-state index contributed by atoms with van der Waals surface area (Å²) in [5, 5.41) is 5.54. The molecule has 0 atom stereocenters. The number of aromatic amines is 1. The fraction of sp³-hybridized carbons (Fsp3) is 0.100. The first-order chi connectivity index (χ1) is 14.1. The molecule has 0 bridgehead atoms. The Hall–Kier alpha value is -3.10. The maximum atomic E-state index is 12.5. The van der Waals surface area contributed by atoms with Gasteiger partial charge in [-0.1, -0.05) is 35.5 Å². The first-order valence-corrected chi connectivity index (χ1v) is 9.96. The van der Waals surface area contributed by atoms with E-state index in [0.717, 1.165) is 11.8 Å². The molecule has 0 saturated carbocycles. The van der Waals surface area contributed by atoms with Gasteiger partial charge >= 0.3 is 0 Å². The minimum absolute atomic E-state index is 0.0901. The number of halogens is 1. The zero-order valence-electron chi connectivity index (χ0n) is 15.3. The smallest absolute Gasteiger partial charge is 0.262 e. The number of hydrogen-bond donors (Lipinski definition) is 1. The van der Waals surface area contributed by atoms with Gasteiger partial charge in [-0.3, -0.25) is 9.59 Å². The summed E-state index contributed by atoms with van der Waals surface area (Å²) >= 11 is 7.01. The number of thioether (sulfide) groups is 1. The number of carbonyl (C=O) groups is 1. The van der Waals surface area contributed by atoms with Crippen molar-refractivity contribution in [3.05, 3.63) is 75.7 Å². The van der Waals surface area contributed by atoms with Crippen LogP contribution in [0.15, 0.2) is 64.7 Å². The number of nitrogens with zero attached hydrogens (tertiary/aromatic N) is 3. The predicted molar refractivity (Wildman–Crippen MR) is 113 cm³/mol. The molecule has 0 amide bonds. The molecule has 0 fully saturated rings. The normalized spacial score (nSPS) is 11.0. The second kappa shape index (κ2) is 8.10. The topological polar surface area (TPSA) is 89.9 Å². The molecule has 29 heavy (non-hydrogen) atoms. The number of nitrogens with one attached hydrogen (secondary N) is 1. The second-order valence-electron chi connectivity index (χ2n) is 6.06. The molecule has 9 heteroatoms. The molecule has 0 aliphatic heterocycles. The highest BCUT2D eigenvalue weighted by Gasteiger charge is 2.15. The maximum absolute atomic E-state index is 12.5. The molecule has 2 heterocycles. The van der Waals surface area contributed by atoms with E-state index in [0.29, 0.717) is 38.2 Å². The summed E-state index contributed by atoms with van der Waals surface area (Å²) in [5.41, 5.74) is 1.28. The lowest BCUT2D eigenvalue weighted by Gasteiger charge is -2.09. The molecule has 0 aliphatic carbocycles. The lowest BCUT2D eigenvalue weighted by atomic mass is 10.1. The maximum Gasteiger partial charge on any atom is 0.262 e. The van der Waals surface area contributed by atoms with E-state index >= 15 is 0 Å². The SMILES string of the molecule is COc1ccccc1-n1ncc2c(=O)[nH]c(SCC(=O)c3ccc(Cl)cc3)nc21. The standard InChI is InChI=1S/C20H15ClN4O3S/c1-28-17-5-3-2-4-15(17)25-18-14(10-22-25)19(27)24-20(23-18)29-11-16(26)12-6-8-13(21)9-7-12/h2-10H,11H2,1H3,(H,23,24,27). The van der Waals surface area contributed by atoms with Gasteiger partial charge in [0.25, 0.3) is 5.56 Å². The van der Waals surface area contributed by atoms with Crippen molar-refractivity contribution in [1.29, 1.82) is 0 Å². The Morgan fingerprint density at radius 3 is 2.72 bits per heavy atom. The van der Waals surface area contributed by atoms with Gasteiger partial charge in [0, 0.05) is 10.6 Å². The fourth-order valence-corrected chi connectivity index (χ4v) is 3.68. The molecule has 2 aromatic heterocycles. The number of ketones is 1. The number of aromatic nitrogens is 4. The van der Waals surface area contributed by atoms with E-state index in [4.69, 9.17) is 16.3 Å². The lowest BCUT2D eigenvalue weighted by molar-refractivity contribution is 0.102. The number of rotatable bonds is 6. The predicted octanol–water partition coefficient (Wildman–Crippen LogP) is 3.75. The molecule has 0 spiro atoms. The molecule has 146 valence electrons. The minimum atomic E-state index is -0.322. The van der Waals surface area contributed by atoms with E-state index in [2.05, 4.69) is 15.1 Å². The van der Waals surface area contributed by atoms with Crippen LogP contribution >= 0.6 is 23.4 Å². The van der Waals surface area contributed by atoms with Crippen molar-refractivity contribution in [3.8, 4) is 11.4 Å². The van der Waals surface area contributed by atoms with Crippen molar-refractivity contribution in [1.82, 2.24) is 19.7 Å². The van der Waals surface area contributed by atoms with Crippen LogP contribution in [-0.2, 0) is 0 Å². The minimum Gasteiger partial charge on any atom is -0.494 e. The van der Waals surface area contributed by atoms with Crippen molar-refractivity contribution < 1.29 is 9.53 Å². The van der Waals surface area contributed by atoms with Gasteiger partial charge < -0.3 is 9.72 Å². The summed E-state index contributed by atoms with van der Waals surface area (Å²) in [6, 6.07) is 14.0. The zero-order valence-corrected chi connectivity index (χ0v) is 16.8. The van der Waals surface area contributed by atoms with Gasteiger partial charge in [-0.2, -0.15) is 5.10 Å². The van der Waals surface area contributed by atoms with Crippen LogP contribution in [0.3, 0.4) is 0 Å². The van der Waals surface area contributed by atoms with Gasteiger partial charge in [-0.25, -0.2) is 9.67 Å². The Bertz CT molecular complexity index is 1250. The molecule has 0 radical (unpaired) electrons. The summed E-state index contributed by atoms with van der Waals surface area (Å²) in [4.78, 5) is 32.0. The van der Waals surface area contributed by atoms with Gasteiger partial charge in [0.2, 0.25) is 0 Å². The summed E-state index contributed by atoms with van der Waals surface area (Å²) < 4.78 is 6.93. The van der Waals surface area contributed by atoms with E-state index in [1.54, 1.807) is 42.1 Å². The van der Waals surface area contributed by atoms with Crippen molar-refractivity contribution in [2.24, 2.45) is 0 Å². The Morgan fingerprint density at radius 2 is 1.97 bits per heavy atom. The highest BCUT2D eigenvalue weighted by atomic mass is 35.5. The van der Waals surface area contributed by atoms with Gasteiger partial charge in [-0.15, -0.1) is 0 Å². The highest BCUT2D eigenvalue weighted by Crippen LogP contribution is 2.25. The fourth-order valence-electron chi connectivity index (χ4n) is 2.80. The summed E-state index contributed by atoms with van der Waals surface area (Å²) in [5.74, 6) is 0.637. The quantitative estimate of drug-likeness (QED) is 0.287. The molecule has 1 N–H and O–H groups in total. The van der Waals surface area contributed by atoms with Crippen molar-refractivity contribution in [3.63, 3.8) is 0 Å². The monoisotopic (exact) mass is 426 g/mol.